The number of nitrogens with one attached hydrogen (secondary N) is 1. The normalized spacial score (nSPS) is 16.1. The van der Waals surface area contributed by atoms with Gasteiger partial charge in [0, 0.05) is 13.1 Å². The van der Waals surface area contributed by atoms with Crippen molar-refractivity contribution in [2.75, 3.05) is 27.4 Å². The van der Waals surface area contributed by atoms with Gasteiger partial charge >= 0.3 is 12.0 Å². The monoisotopic (exact) mass is 432 g/mol. The molecule has 2 aromatic carbocycles. The number of likely N-dealkylation sites (N-methyl/N-ethyl adjacent to an activating group) is 1. The number of methoxy groups -OCH3 is 1. The Bertz CT molecular complexity index is 1020. The third-order valence-corrected chi connectivity index (χ3v) is 4.76. The van der Waals surface area contributed by atoms with Gasteiger partial charge in [0.05, 0.1) is 31.0 Å². The zero-order chi connectivity index (χ0) is 22.5. The molecule has 0 radical (unpaired) electrons. The maximum Gasteiger partial charge on any atom is 0.338 e. The fraction of sp³-hybridized carbons (Fsp3) is 0.273. The molecule has 3 rings (SSSR count). The highest BCUT2D eigenvalue weighted by atomic mass is 19.1. The van der Waals surface area contributed by atoms with E-state index in [2.05, 4.69) is 5.32 Å². The number of benzene rings is 2. The average molecular weight is 432 g/mol. The summed E-state index contributed by atoms with van der Waals surface area (Å²) in [7, 11) is 2.96. The van der Waals surface area contributed by atoms with Gasteiger partial charge in [0.15, 0.2) is 11.6 Å². The molecule has 0 unspecified atom stereocenters. The van der Waals surface area contributed by atoms with Crippen LogP contribution in [0.25, 0.3) is 0 Å². The number of rotatable bonds is 7. The Morgan fingerprint density at radius 2 is 1.97 bits per heavy atom. The van der Waals surface area contributed by atoms with Gasteiger partial charge < -0.3 is 19.5 Å². The van der Waals surface area contributed by atoms with E-state index < -0.39 is 29.7 Å². The van der Waals surface area contributed by atoms with Crippen LogP contribution in [0.3, 0.4) is 0 Å². The van der Waals surface area contributed by atoms with Crippen molar-refractivity contribution in [2.45, 2.75) is 13.0 Å². The third-order valence-electron chi connectivity index (χ3n) is 4.76. The lowest BCUT2D eigenvalue weighted by molar-refractivity contribution is -0.139. The van der Waals surface area contributed by atoms with Crippen molar-refractivity contribution in [3.63, 3.8) is 0 Å². The number of halogens is 2. The summed E-state index contributed by atoms with van der Waals surface area (Å²) < 4.78 is 43.1. The number of amides is 2. The zero-order valence-corrected chi connectivity index (χ0v) is 17.3. The van der Waals surface area contributed by atoms with Crippen LogP contribution in [0.5, 0.6) is 11.5 Å². The molecule has 1 heterocycles. The van der Waals surface area contributed by atoms with Gasteiger partial charge in [-0.2, -0.15) is 0 Å². The van der Waals surface area contributed by atoms with E-state index in [9.17, 15) is 18.4 Å². The molecule has 9 heteroatoms. The first kappa shape index (κ1) is 22.1. The molecule has 1 aliphatic heterocycles. The quantitative estimate of drug-likeness (QED) is 0.677. The minimum atomic E-state index is -0.898. The summed E-state index contributed by atoms with van der Waals surface area (Å²) in [5.41, 5.74) is 0.924. The summed E-state index contributed by atoms with van der Waals surface area (Å²) in [4.78, 5) is 26.7. The minimum absolute atomic E-state index is 0.117. The topological polar surface area (TPSA) is 77.1 Å². The van der Waals surface area contributed by atoms with Gasteiger partial charge in [0.25, 0.3) is 0 Å². The number of urea groups is 1. The smallest absolute Gasteiger partial charge is 0.338 e. The Balaban J connectivity index is 2.05. The van der Waals surface area contributed by atoms with Gasteiger partial charge in [-0.15, -0.1) is 0 Å². The zero-order valence-electron chi connectivity index (χ0n) is 17.3. The number of hydrogen-bond acceptors (Lipinski definition) is 5. The highest BCUT2D eigenvalue weighted by molar-refractivity contribution is 5.95. The van der Waals surface area contributed by atoms with Gasteiger partial charge in [-0.3, -0.25) is 4.90 Å². The number of nitrogens with zero attached hydrogens (tertiary/aromatic N) is 1. The van der Waals surface area contributed by atoms with Crippen LogP contribution in [-0.2, 0) is 9.53 Å². The van der Waals surface area contributed by atoms with Crippen molar-refractivity contribution in [3.05, 3.63) is 70.9 Å². The van der Waals surface area contributed by atoms with Gasteiger partial charge in [-0.05, 0) is 36.8 Å². The second-order valence-corrected chi connectivity index (χ2v) is 6.66. The lowest BCUT2D eigenvalue weighted by Gasteiger charge is -2.34. The van der Waals surface area contributed by atoms with E-state index >= 15 is 0 Å². The molecule has 0 saturated heterocycles. The Morgan fingerprint density at radius 3 is 2.65 bits per heavy atom. The van der Waals surface area contributed by atoms with E-state index in [0.29, 0.717) is 17.4 Å². The Labute approximate surface area is 178 Å². The highest BCUT2D eigenvalue weighted by Gasteiger charge is 2.37. The van der Waals surface area contributed by atoms with Gasteiger partial charge in [0.2, 0.25) is 0 Å². The Kier molecular flexibility index (Phi) is 6.74. The first-order valence-electron chi connectivity index (χ1n) is 9.51. The second-order valence-electron chi connectivity index (χ2n) is 6.66. The van der Waals surface area contributed by atoms with Crippen LogP contribution in [0.4, 0.5) is 13.6 Å². The molecule has 0 bridgehead atoms. The second kappa shape index (κ2) is 9.46. The lowest BCUT2D eigenvalue weighted by atomic mass is 9.94. The molecule has 0 saturated carbocycles. The van der Waals surface area contributed by atoms with Crippen LogP contribution in [0.1, 0.15) is 18.5 Å². The van der Waals surface area contributed by atoms with E-state index in [1.165, 1.54) is 19.1 Å². The van der Waals surface area contributed by atoms with Crippen molar-refractivity contribution < 1.29 is 32.6 Å². The average Bonchev–Trinajstić information content (AvgIpc) is 2.75. The predicted molar refractivity (Wildman–Crippen MR) is 108 cm³/mol. The summed E-state index contributed by atoms with van der Waals surface area (Å²) in [5.74, 6) is -1.97. The van der Waals surface area contributed by atoms with Crippen molar-refractivity contribution >= 4 is 12.0 Å². The van der Waals surface area contributed by atoms with Crippen molar-refractivity contribution in [1.29, 1.82) is 0 Å². The number of esters is 1. The van der Waals surface area contributed by atoms with Gasteiger partial charge in [0.1, 0.15) is 18.2 Å². The molecule has 31 heavy (non-hydrogen) atoms. The van der Waals surface area contributed by atoms with Crippen LogP contribution in [0, 0.1) is 11.6 Å². The molecule has 164 valence electrons. The van der Waals surface area contributed by atoms with E-state index in [1.54, 1.807) is 31.2 Å². The molecule has 0 fully saturated rings. The van der Waals surface area contributed by atoms with Crippen LogP contribution in [0.15, 0.2) is 53.7 Å². The van der Waals surface area contributed by atoms with E-state index in [0.717, 1.165) is 12.1 Å². The maximum atomic E-state index is 14.0. The van der Waals surface area contributed by atoms with Crippen molar-refractivity contribution in [1.82, 2.24) is 10.2 Å². The molecular weight excluding hydrogens is 410 g/mol. The Hall–Kier alpha value is -3.62. The molecule has 0 spiro atoms. The van der Waals surface area contributed by atoms with Crippen LogP contribution in [-0.4, -0.2) is 44.3 Å². The van der Waals surface area contributed by atoms with E-state index in [-0.39, 0.29) is 30.2 Å². The third kappa shape index (κ3) is 4.76. The molecular formula is C22H22F2N2O5. The molecule has 1 atom stereocenters. The first-order chi connectivity index (χ1) is 14.8. The summed E-state index contributed by atoms with van der Waals surface area (Å²) in [6, 6.07) is 8.43. The van der Waals surface area contributed by atoms with Crippen LogP contribution >= 0.6 is 0 Å². The van der Waals surface area contributed by atoms with E-state index in [1.807, 2.05) is 0 Å². The van der Waals surface area contributed by atoms with Crippen LogP contribution in [0.2, 0.25) is 0 Å². The fourth-order valence-corrected chi connectivity index (χ4v) is 3.19. The van der Waals surface area contributed by atoms with E-state index in [4.69, 9.17) is 14.2 Å². The highest BCUT2D eigenvalue weighted by Crippen LogP contribution is 2.33. The SMILES string of the molecule is CCOC(=O)C1=C(COc2ccc(F)cc2F)N(C)C(=O)N[C@@H]1c1cccc(OC)c1. The number of carbonyl (C=O) groups excluding carboxylic acids is 2. The summed E-state index contributed by atoms with van der Waals surface area (Å²) >= 11 is 0. The maximum absolute atomic E-state index is 14.0. The minimum Gasteiger partial charge on any atom is -0.497 e. The van der Waals surface area contributed by atoms with Crippen molar-refractivity contribution in [3.8, 4) is 11.5 Å². The first-order valence-corrected chi connectivity index (χ1v) is 9.51. The number of carbonyl (C=O) groups is 2. The molecule has 2 amide bonds. The van der Waals surface area contributed by atoms with Gasteiger partial charge in [-0.1, -0.05) is 12.1 Å². The van der Waals surface area contributed by atoms with Crippen LogP contribution < -0.4 is 14.8 Å². The summed E-state index contributed by atoms with van der Waals surface area (Å²) in [6.45, 7) is 1.46. The summed E-state index contributed by atoms with van der Waals surface area (Å²) in [6.07, 6.45) is 0. The fourth-order valence-electron chi connectivity index (χ4n) is 3.19. The lowest BCUT2D eigenvalue weighted by Crippen LogP contribution is -2.48. The Morgan fingerprint density at radius 1 is 1.19 bits per heavy atom. The molecule has 7 nitrogen and oxygen atoms in total. The predicted octanol–water partition coefficient (Wildman–Crippen LogP) is 3.57. The molecule has 1 aliphatic rings. The molecule has 0 aromatic heterocycles. The molecule has 0 aliphatic carbocycles. The number of ether oxygens (including phenoxy) is 3. The summed E-state index contributed by atoms with van der Waals surface area (Å²) in [5, 5.41) is 2.76. The van der Waals surface area contributed by atoms with Gasteiger partial charge in [-0.25, -0.2) is 18.4 Å². The standard InChI is InChI=1S/C22H22F2N2O5/c1-4-30-21(27)19-17(12-31-18-9-8-14(23)11-16(18)24)26(2)22(28)25-20(19)13-6-5-7-15(10-13)29-3/h5-11,20H,4,12H2,1-3H3,(H,25,28)/t20-/m1/s1. The van der Waals surface area contributed by atoms with Crippen molar-refractivity contribution in [2.24, 2.45) is 0 Å². The largest absolute Gasteiger partial charge is 0.497 e. The number of hydrogen-bond donors (Lipinski definition) is 1. The molecule has 1 N–H and O–H groups in total. The molecule has 2 aromatic rings.